The Kier molecular flexibility index (Phi) is 1.55. The zero-order valence-corrected chi connectivity index (χ0v) is 9.57. The Morgan fingerprint density at radius 2 is 1.65 bits per heavy atom. The quantitative estimate of drug-likeness (QED) is 0.400. The summed E-state index contributed by atoms with van der Waals surface area (Å²) < 4.78 is 0. The van der Waals surface area contributed by atoms with Crippen LogP contribution in [-0.2, 0) is 0 Å². The van der Waals surface area contributed by atoms with Gasteiger partial charge in [0.1, 0.15) is 0 Å². The standard InChI is InChI=1S/C16H11N/c1-10-7-12-6-5-11-3-2-4-13-9-17-14(8-10)16(12)15(11)13/h2-9H,1H3. The van der Waals surface area contributed by atoms with Crippen molar-refractivity contribution >= 4 is 32.4 Å². The third kappa shape index (κ3) is 1.11. The second-order valence-corrected chi connectivity index (χ2v) is 4.65. The predicted molar refractivity (Wildman–Crippen MR) is 72.7 cm³/mol. The molecule has 0 fully saturated rings. The first-order chi connectivity index (χ1) is 8.33. The number of hydrogen-bond donors (Lipinski definition) is 0. The molecule has 0 N–H and O–H groups in total. The van der Waals surface area contributed by atoms with E-state index in [0.717, 1.165) is 5.52 Å². The molecule has 0 aliphatic heterocycles. The Morgan fingerprint density at radius 1 is 0.824 bits per heavy atom. The Balaban J connectivity index is 2.45. The SMILES string of the molecule is Cc1cc2ccc3cccc4cnc(c1)c2c34. The van der Waals surface area contributed by atoms with E-state index in [4.69, 9.17) is 0 Å². The maximum Gasteiger partial charge on any atom is 0.0717 e. The average molecular weight is 217 g/mol. The van der Waals surface area contributed by atoms with E-state index >= 15 is 0 Å². The van der Waals surface area contributed by atoms with Gasteiger partial charge in [-0.1, -0.05) is 36.4 Å². The van der Waals surface area contributed by atoms with Gasteiger partial charge in [0.25, 0.3) is 0 Å². The molecule has 0 spiro atoms. The zero-order valence-electron chi connectivity index (χ0n) is 9.57. The van der Waals surface area contributed by atoms with Crippen LogP contribution < -0.4 is 0 Å². The van der Waals surface area contributed by atoms with Gasteiger partial charge in [0, 0.05) is 22.4 Å². The molecule has 80 valence electrons. The number of rotatable bonds is 0. The number of nitrogens with zero attached hydrogens (tertiary/aromatic N) is 1. The molecule has 0 saturated heterocycles. The molecule has 1 aromatic heterocycles. The van der Waals surface area contributed by atoms with E-state index in [9.17, 15) is 0 Å². The topological polar surface area (TPSA) is 12.9 Å². The van der Waals surface area contributed by atoms with Gasteiger partial charge < -0.3 is 0 Å². The van der Waals surface area contributed by atoms with Crippen LogP contribution in [0.25, 0.3) is 32.4 Å². The van der Waals surface area contributed by atoms with Gasteiger partial charge in [0.05, 0.1) is 5.52 Å². The van der Waals surface area contributed by atoms with Gasteiger partial charge in [-0.05, 0) is 29.3 Å². The molecule has 0 amide bonds. The van der Waals surface area contributed by atoms with Gasteiger partial charge >= 0.3 is 0 Å². The Bertz CT molecular complexity index is 782. The largest absolute Gasteiger partial charge is 0.256 e. The second-order valence-electron chi connectivity index (χ2n) is 4.65. The van der Waals surface area contributed by atoms with Crippen molar-refractivity contribution < 1.29 is 0 Å². The number of pyridine rings is 1. The maximum absolute atomic E-state index is 4.57. The molecule has 0 unspecified atom stereocenters. The van der Waals surface area contributed by atoms with Crippen LogP contribution in [-0.4, -0.2) is 4.98 Å². The van der Waals surface area contributed by atoms with E-state index in [2.05, 4.69) is 54.4 Å². The summed E-state index contributed by atoms with van der Waals surface area (Å²) in [6, 6.07) is 15.2. The van der Waals surface area contributed by atoms with Crippen molar-refractivity contribution in [2.24, 2.45) is 0 Å². The Hall–Kier alpha value is -2.15. The summed E-state index contributed by atoms with van der Waals surface area (Å²) in [5, 5.41) is 6.45. The molecule has 0 bridgehead atoms. The van der Waals surface area contributed by atoms with Crippen LogP contribution in [0.4, 0.5) is 0 Å². The van der Waals surface area contributed by atoms with Crippen molar-refractivity contribution in [2.75, 3.05) is 0 Å². The molecule has 3 aromatic carbocycles. The van der Waals surface area contributed by atoms with Crippen molar-refractivity contribution in [2.45, 2.75) is 6.92 Å². The van der Waals surface area contributed by atoms with E-state index in [1.54, 1.807) is 0 Å². The van der Waals surface area contributed by atoms with Crippen LogP contribution in [0, 0.1) is 6.92 Å². The Labute approximate surface area is 99.0 Å². The number of aryl methyl sites for hydroxylation is 1. The van der Waals surface area contributed by atoms with E-state index in [1.165, 1.54) is 32.5 Å². The highest BCUT2D eigenvalue weighted by Crippen LogP contribution is 2.33. The molecule has 4 rings (SSSR count). The van der Waals surface area contributed by atoms with Gasteiger partial charge in [-0.25, -0.2) is 0 Å². The molecule has 4 aromatic rings. The monoisotopic (exact) mass is 217 g/mol. The highest BCUT2D eigenvalue weighted by molar-refractivity contribution is 6.21. The van der Waals surface area contributed by atoms with E-state index in [0.29, 0.717) is 0 Å². The second kappa shape index (κ2) is 2.95. The lowest BCUT2D eigenvalue weighted by Gasteiger charge is -2.10. The molecular formula is C16H11N. The average Bonchev–Trinajstić information content (AvgIpc) is 2.35. The van der Waals surface area contributed by atoms with Gasteiger partial charge in [0.2, 0.25) is 0 Å². The van der Waals surface area contributed by atoms with Crippen LogP contribution >= 0.6 is 0 Å². The van der Waals surface area contributed by atoms with Crippen molar-refractivity contribution in [3.63, 3.8) is 0 Å². The van der Waals surface area contributed by atoms with Gasteiger partial charge in [-0.3, -0.25) is 4.98 Å². The minimum absolute atomic E-state index is 1.10. The summed E-state index contributed by atoms with van der Waals surface area (Å²) in [7, 11) is 0. The molecule has 0 aliphatic carbocycles. The first-order valence-corrected chi connectivity index (χ1v) is 5.83. The van der Waals surface area contributed by atoms with Crippen LogP contribution in [0.3, 0.4) is 0 Å². The lowest BCUT2D eigenvalue weighted by atomic mass is 9.96. The molecule has 0 atom stereocenters. The third-order valence-electron chi connectivity index (χ3n) is 3.46. The number of hydrogen-bond acceptors (Lipinski definition) is 1. The summed E-state index contributed by atoms with van der Waals surface area (Å²) in [5.41, 5.74) is 2.37. The van der Waals surface area contributed by atoms with E-state index < -0.39 is 0 Å². The molecule has 1 heteroatoms. The predicted octanol–water partition coefficient (Wildman–Crippen LogP) is 4.29. The fraction of sp³-hybridized carbons (Fsp3) is 0.0625. The van der Waals surface area contributed by atoms with E-state index in [-0.39, 0.29) is 0 Å². The van der Waals surface area contributed by atoms with Crippen LogP contribution in [0.15, 0.2) is 48.7 Å². The van der Waals surface area contributed by atoms with Crippen molar-refractivity contribution in [1.82, 2.24) is 4.98 Å². The minimum Gasteiger partial charge on any atom is -0.256 e. The minimum atomic E-state index is 1.10. The number of benzene rings is 3. The molecule has 17 heavy (non-hydrogen) atoms. The lowest BCUT2D eigenvalue weighted by Crippen LogP contribution is -1.87. The van der Waals surface area contributed by atoms with Crippen LogP contribution in [0.5, 0.6) is 0 Å². The smallest absolute Gasteiger partial charge is 0.0717 e. The van der Waals surface area contributed by atoms with Crippen LogP contribution in [0.2, 0.25) is 0 Å². The third-order valence-corrected chi connectivity index (χ3v) is 3.46. The first-order valence-electron chi connectivity index (χ1n) is 5.83. The summed E-state index contributed by atoms with van der Waals surface area (Å²) in [6.45, 7) is 2.12. The number of aromatic nitrogens is 1. The highest BCUT2D eigenvalue weighted by Gasteiger charge is 2.08. The van der Waals surface area contributed by atoms with Gasteiger partial charge in [-0.2, -0.15) is 0 Å². The summed E-state index contributed by atoms with van der Waals surface area (Å²) in [5.74, 6) is 0. The molecule has 0 radical (unpaired) electrons. The lowest BCUT2D eigenvalue weighted by molar-refractivity contribution is 1.42. The van der Waals surface area contributed by atoms with Crippen LogP contribution in [0.1, 0.15) is 5.56 Å². The highest BCUT2D eigenvalue weighted by atomic mass is 14.6. The van der Waals surface area contributed by atoms with Crippen molar-refractivity contribution in [3.8, 4) is 0 Å². The molecule has 1 nitrogen and oxygen atoms in total. The normalized spacial score (nSPS) is 11.8. The fourth-order valence-electron chi connectivity index (χ4n) is 2.74. The molecule has 0 saturated carbocycles. The maximum atomic E-state index is 4.57. The molecular weight excluding hydrogens is 206 g/mol. The molecule has 1 heterocycles. The van der Waals surface area contributed by atoms with Gasteiger partial charge in [0.15, 0.2) is 0 Å². The summed E-state index contributed by atoms with van der Waals surface area (Å²) >= 11 is 0. The van der Waals surface area contributed by atoms with E-state index in [1.807, 2.05) is 6.20 Å². The van der Waals surface area contributed by atoms with Gasteiger partial charge in [-0.15, -0.1) is 0 Å². The summed E-state index contributed by atoms with van der Waals surface area (Å²) in [4.78, 5) is 4.57. The zero-order chi connectivity index (χ0) is 11.4. The Morgan fingerprint density at radius 3 is 2.59 bits per heavy atom. The first kappa shape index (κ1) is 8.94. The van der Waals surface area contributed by atoms with Crippen molar-refractivity contribution in [3.05, 3.63) is 54.2 Å². The fourth-order valence-corrected chi connectivity index (χ4v) is 2.74. The molecule has 0 aliphatic rings. The summed E-state index contributed by atoms with van der Waals surface area (Å²) in [6.07, 6.45) is 1.98. The van der Waals surface area contributed by atoms with Crippen molar-refractivity contribution in [1.29, 1.82) is 0 Å².